The molecule has 1 N–H and O–H groups in total. The molecular formula is C13H23N3O. The van der Waals surface area contributed by atoms with Gasteiger partial charge in [0.1, 0.15) is 0 Å². The Morgan fingerprint density at radius 2 is 1.88 bits per heavy atom. The number of carbonyl (C=O) groups is 1. The molecule has 17 heavy (non-hydrogen) atoms. The molecule has 3 unspecified atom stereocenters. The molecule has 0 spiro atoms. The van der Waals surface area contributed by atoms with Crippen LogP contribution in [0.4, 0.5) is 0 Å². The van der Waals surface area contributed by atoms with Crippen LogP contribution in [0.5, 0.6) is 0 Å². The highest BCUT2D eigenvalue weighted by molar-refractivity contribution is 5.73. The first-order chi connectivity index (χ1) is 8.13. The van der Waals surface area contributed by atoms with Gasteiger partial charge in [0, 0.05) is 63.6 Å². The van der Waals surface area contributed by atoms with E-state index in [0.717, 1.165) is 0 Å². The van der Waals surface area contributed by atoms with Crippen molar-refractivity contribution >= 4 is 5.91 Å². The first-order valence-corrected chi connectivity index (χ1v) is 6.85. The van der Waals surface area contributed by atoms with Crippen LogP contribution in [0.3, 0.4) is 0 Å². The zero-order valence-corrected chi connectivity index (χ0v) is 10.9. The third-order valence-electron chi connectivity index (χ3n) is 4.99. The monoisotopic (exact) mass is 237 g/mol. The van der Waals surface area contributed by atoms with E-state index in [2.05, 4.69) is 22.0 Å². The van der Waals surface area contributed by atoms with Gasteiger partial charge in [-0.1, -0.05) is 6.92 Å². The second kappa shape index (κ2) is 3.95. The number of nitrogens with zero attached hydrogens (tertiary/aromatic N) is 2. The summed E-state index contributed by atoms with van der Waals surface area (Å²) >= 11 is 0. The minimum Gasteiger partial charge on any atom is -0.353 e. The van der Waals surface area contributed by atoms with Gasteiger partial charge in [-0.05, 0) is 6.42 Å². The van der Waals surface area contributed by atoms with Crippen molar-refractivity contribution in [3.63, 3.8) is 0 Å². The molecule has 4 heterocycles. The molecular weight excluding hydrogens is 214 g/mol. The van der Waals surface area contributed by atoms with Crippen molar-refractivity contribution in [3.05, 3.63) is 0 Å². The van der Waals surface area contributed by atoms with Crippen LogP contribution in [0, 0.1) is 11.3 Å². The van der Waals surface area contributed by atoms with Crippen LogP contribution in [-0.2, 0) is 4.79 Å². The lowest BCUT2D eigenvalue weighted by Crippen LogP contribution is -2.68. The van der Waals surface area contributed by atoms with Gasteiger partial charge < -0.3 is 15.1 Å². The molecule has 0 saturated carbocycles. The number of rotatable bonds is 2. The first kappa shape index (κ1) is 11.5. The van der Waals surface area contributed by atoms with Gasteiger partial charge in [0.15, 0.2) is 0 Å². The van der Waals surface area contributed by atoms with E-state index < -0.39 is 0 Å². The first-order valence-electron chi connectivity index (χ1n) is 6.85. The molecule has 0 aliphatic carbocycles. The van der Waals surface area contributed by atoms with Crippen molar-refractivity contribution in [1.29, 1.82) is 0 Å². The Hall–Kier alpha value is -0.610. The van der Waals surface area contributed by atoms with Crippen molar-refractivity contribution in [2.24, 2.45) is 11.3 Å². The molecule has 0 radical (unpaired) electrons. The molecule has 4 heteroatoms. The molecule has 4 aliphatic rings. The molecule has 4 aliphatic heterocycles. The molecule has 4 rings (SSSR count). The number of fused-ring (bicyclic) bond motifs is 1. The van der Waals surface area contributed by atoms with Gasteiger partial charge in [-0.25, -0.2) is 0 Å². The summed E-state index contributed by atoms with van der Waals surface area (Å²) in [4.78, 5) is 16.7. The van der Waals surface area contributed by atoms with E-state index in [-0.39, 0.29) is 5.91 Å². The Morgan fingerprint density at radius 1 is 1.29 bits per heavy atom. The van der Waals surface area contributed by atoms with E-state index in [1.807, 2.05) is 0 Å². The highest BCUT2D eigenvalue weighted by Gasteiger charge is 2.53. The van der Waals surface area contributed by atoms with E-state index in [0.29, 0.717) is 17.4 Å². The molecule has 0 aromatic heterocycles. The highest BCUT2D eigenvalue weighted by Crippen LogP contribution is 2.42. The topological polar surface area (TPSA) is 35.6 Å². The Morgan fingerprint density at radius 3 is 2.35 bits per heavy atom. The number of hydrogen-bond donors (Lipinski definition) is 1. The Balaban J connectivity index is 1.92. The Labute approximate surface area is 103 Å². The summed E-state index contributed by atoms with van der Waals surface area (Å²) in [6, 6.07) is 0.399. The van der Waals surface area contributed by atoms with Gasteiger partial charge in [-0.2, -0.15) is 0 Å². The summed E-state index contributed by atoms with van der Waals surface area (Å²) < 4.78 is 0. The van der Waals surface area contributed by atoms with E-state index >= 15 is 0 Å². The third-order valence-corrected chi connectivity index (χ3v) is 4.99. The lowest BCUT2D eigenvalue weighted by molar-refractivity contribution is -0.124. The van der Waals surface area contributed by atoms with Crippen LogP contribution in [-0.4, -0.2) is 61.0 Å². The number of amides is 1. The maximum absolute atomic E-state index is 11.4. The quantitative estimate of drug-likeness (QED) is 0.742. The van der Waals surface area contributed by atoms with Crippen molar-refractivity contribution in [2.45, 2.75) is 26.3 Å². The molecule has 3 atom stereocenters. The van der Waals surface area contributed by atoms with Crippen LogP contribution in [0.1, 0.15) is 20.3 Å². The minimum absolute atomic E-state index is 0.138. The lowest BCUT2D eigenvalue weighted by atomic mass is 9.66. The van der Waals surface area contributed by atoms with E-state index in [9.17, 15) is 4.79 Å². The van der Waals surface area contributed by atoms with Gasteiger partial charge in [-0.15, -0.1) is 0 Å². The number of carbonyl (C=O) groups excluding carboxylic acids is 1. The van der Waals surface area contributed by atoms with Crippen LogP contribution >= 0.6 is 0 Å². The fourth-order valence-electron chi connectivity index (χ4n) is 4.26. The summed E-state index contributed by atoms with van der Waals surface area (Å²) in [6.07, 6.45) is 1.17. The van der Waals surface area contributed by atoms with Crippen LogP contribution < -0.4 is 5.32 Å². The fraction of sp³-hybridized carbons (Fsp3) is 0.923. The van der Waals surface area contributed by atoms with Crippen LogP contribution in [0.2, 0.25) is 0 Å². The van der Waals surface area contributed by atoms with Crippen molar-refractivity contribution in [3.8, 4) is 0 Å². The van der Waals surface area contributed by atoms with Gasteiger partial charge >= 0.3 is 0 Å². The van der Waals surface area contributed by atoms with E-state index in [1.165, 1.54) is 45.7 Å². The summed E-state index contributed by atoms with van der Waals surface area (Å²) in [5.41, 5.74) is 0.295. The third kappa shape index (κ3) is 1.78. The van der Waals surface area contributed by atoms with Gasteiger partial charge in [-0.3, -0.25) is 4.79 Å². The number of hydrogen-bond acceptors (Lipinski definition) is 3. The number of piperidine rings is 2. The lowest BCUT2D eigenvalue weighted by Gasteiger charge is -2.55. The predicted octanol–water partition coefficient (Wildman–Crippen LogP) is 0.149. The number of nitrogens with one attached hydrogen (secondary N) is 1. The average Bonchev–Trinajstić information content (AvgIpc) is 2.51. The van der Waals surface area contributed by atoms with E-state index in [4.69, 9.17) is 0 Å². The van der Waals surface area contributed by atoms with Crippen molar-refractivity contribution in [1.82, 2.24) is 15.1 Å². The van der Waals surface area contributed by atoms with Crippen molar-refractivity contribution in [2.75, 3.05) is 39.3 Å². The zero-order valence-electron chi connectivity index (χ0n) is 10.9. The molecule has 4 bridgehead atoms. The Bertz CT molecular complexity index is 315. The largest absolute Gasteiger partial charge is 0.353 e. The molecule has 4 nitrogen and oxygen atoms in total. The molecule has 4 saturated heterocycles. The second-order valence-electron chi connectivity index (χ2n) is 6.12. The second-order valence-corrected chi connectivity index (χ2v) is 6.12. The summed E-state index contributed by atoms with van der Waals surface area (Å²) in [5, 5.41) is 3.25. The highest BCUT2D eigenvalue weighted by atomic mass is 16.1. The molecule has 1 amide bonds. The molecule has 4 fully saturated rings. The fourth-order valence-corrected chi connectivity index (χ4v) is 4.26. The van der Waals surface area contributed by atoms with Crippen molar-refractivity contribution < 1.29 is 4.79 Å². The average molecular weight is 237 g/mol. The van der Waals surface area contributed by atoms with Crippen LogP contribution in [0.25, 0.3) is 0 Å². The van der Waals surface area contributed by atoms with E-state index in [1.54, 1.807) is 6.92 Å². The predicted molar refractivity (Wildman–Crippen MR) is 66.7 cm³/mol. The van der Waals surface area contributed by atoms with Gasteiger partial charge in [0.2, 0.25) is 5.91 Å². The summed E-state index contributed by atoms with van der Waals surface area (Å²) in [6.45, 7) is 11.0. The SMILES string of the molecule is CCC12CN3CCN(CC(C3)C1NC(C)=O)C2. The summed E-state index contributed by atoms with van der Waals surface area (Å²) in [5.74, 6) is 0.767. The molecule has 96 valence electrons. The summed E-state index contributed by atoms with van der Waals surface area (Å²) in [7, 11) is 0. The smallest absolute Gasteiger partial charge is 0.217 e. The maximum atomic E-state index is 11.4. The Kier molecular flexibility index (Phi) is 2.67. The van der Waals surface area contributed by atoms with Gasteiger partial charge in [0.25, 0.3) is 0 Å². The normalized spacial score (nSPS) is 47.9. The maximum Gasteiger partial charge on any atom is 0.217 e. The molecule has 0 aromatic carbocycles. The standard InChI is InChI=1S/C13H23N3O/c1-3-13-8-15-4-5-16(9-13)7-11(6-15)12(13)14-10(2)17/h11-12H,3-9H2,1-2H3,(H,14,17). The van der Waals surface area contributed by atoms with Gasteiger partial charge in [0.05, 0.1) is 0 Å². The minimum atomic E-state index is 0.138. The molecule has 0 aromatic rings. The van der Waals surface area contributed by atoms with Crippen LogP contribution in [0.15, 0.2) is 0 Å². The zero-order chi connectivity index (χ0) is 12.0.